The summed E-state index contributed by atoms with van der Waals surface area (Å²) in [6, 6.07) is 7.06. The Balaban J connectivity index is 1.95. The van der Waals surface area contributed by atoms with Gasteiger partial charge < -0.3 is 34.9 Å². The zero-order chi connectivity index (χ0) is 27.2. The largest absolute Gasteiger partial charge is 0.493 e. The Bertz CT molecular complexity index is 1230. The van der Waals surface area contributed by atoms with Crippen molar-refractivity contribution in [1.29, 1.82) is 0 Å². The summed E-state index contributed by atoms with van der Waals surface area (Å²) in [7, 11) is 4.68. The lowest BCUT2D eigenvalue weighted by molar-refractivity contribution is -0.129. The number of aromatic nitrogens is 1. The van der Waals surface area contributed by atoms with Crippen molar-refractivity contribution >= 4 is 35.4 Å². The third kappa shape index (κ3) is 6.29. The van der Waals surface area contributed by atoms with Crippen LogP contribution in [0.4, 0.5) is 17.3 Å². The number of nitrogens with zero attached hydrogens (tertiary/aromatic N) is 3. The normalized spacial score (nSPS) is 15.2. The van der Waals surface area contributed by atoms with E-state index >= 15 is 0 Å². The molecular formula is C26H34N6O5. The van der Waals surface area contributed by atoms with E-state index in [0.717, 1.165) is 12.0 Å². The lowest BCUT2D eigenvalue weighted by Crippen LogP contribution is -2.46. The number of ether oxygens (including phenoxy) is 4. The minimum Gasteiger partial charge on any atom is -0.493 e. The highest BCUT2D eigenvalue weighted by Crippen LogP contribution is 2.40. The van der Waals surface area contributed by atoms with Crippen molar-refractivity contribution in [3.63, 3.8) is 0 Å². The van der Waals surface area contributed by atoms with Gasteiger partial charge in [0.25, 0.3) is 5.91 Å². The maximum Gasteiger partial charge on any atom is 0.269 e. The third-order valence-electron chi connectivity index (χ3n) is 5.57. The van der Waals surface area contributed by atoms with Crippen LogP contribution in [0.2, 0.25) is 0 Å². The Hall–Kier alpha value is -4.28. The first kappa shape index (κ1) is 27.3. The molecule has 11 nitrogen and oxygen atoms in total. The van der Waals surface area contributed by atoms with Crippen molar-refractivity contribution in [3.8, 4) is 23.0 Å². The number of aliphatic imine (C=N–C) groups is 2. The molecule has 2 heterocycles. The monoisotopic (exact) mass is 510 g/mol. The molecule has 37 heavy (non-hydrogen) atoms. The molecule has 1 aliphatic heterocycles. The number of amides is 1. The van der Waals surface area contributed by atoms with Gasteiger partial charge in [0.1, 0.15) is 11.6 Å². The minimum atomic E-state index is -0.974. The van der Waals surface area contributed by atoms with E-state index < -0.39 is 5.60 Å². The quantitative estimate of drug-likeness (QED) is 0.340. The lowest BCUT2D eigenvalue weighted by atomic mass is 10.1. The highest BCUT2D eigenvalue weighted by molar-refractivity contribution is 6.01. The first-order valence-corrected chi connectivity index (χ1v) is 11.8. The van der Waals surface area contributed by atoms with Crippen LogP contribution in [0.3, 0.4) is 0 Å². The molecule has 0 spiro atoms. The number of pyridine rings is 1. The van der Waals surface area contributed by atoms with E-state index in [4.69, 9.17) is 23.9 Å². The summed E-state index contributed by atoms with van der Waals surface area (Å²) < 4.78 is 22.1. The summed E-state index contributed by atoms with van der Waals surface area (Å²) in [5.41, 5.74) is 0.703. The van der Waals surface area contributed by atoms with Crippen LogP contribution in [-0.4, -0.2) is 50.0 Å². The van der Waals surface area contributed by atoms with E-state index in [0.29, 0.717) is 52.1 Å². The van der Waals surface area contributed by atoms with Gasteiger partial charge in [-0.25, -0.2) is 9.98 Å². The summed E-state index contributed by atoms with van der Waals surface area (Å²) in [4.78, 5) is 25.9. The van der Waals surface area contributed by atoms with Crippen LogP contribution >= 0.6 is 0 Å². The molecule has 0 saturated carbocycles. The number of benzene rings is 1. The van der Waals surface area contributed by atoms with Crippen LogP contribution in [0, 0.1) is 0 Å². The predicted molar refractivity (Wildman–Crippen MR) is 146 cm³/mol. The fraction of sp³-hybridized carbons (Fsp3) is 0.385. The van der Waals surface area contributed by atoms with E-state index in [-0.39, 0.29) is 5.91 Å². The minimum absolute atomic E-state index is 0.275. The number of guanidine groups is 1. The zero-order valence-electron chi connectivity index (χ0n) is 22.5. The van der Waals surface area contributed by atoms with E-state index in [1.54, 1.807) is 72.6 Å². The molecule has 198 valence electrons. The van der Waals surface area contributed by atoms with Gasteiger partial charge in [0.2, 0.25) is 11.7 Å². The Morgan fingerprint density at radius 1 is 1.14 bits per heavy atom. The van der Waals surface area contributed by atoms with Gasteiger partial charge in [0, 0.05) is 24.0 Å². The second kappa shape index (κ2) is 11.6. The van der Waals surface area contributed by atoms with Crippen molar-refractivity contribution in [2.75, 3.05) is 37.3 Å². The molecule has 2 aromatic rings. The molecule has 0 aliphatic carbocycles. The van der Waals surface area contributed by atoms with Crippen LogP contribution < -0.4 is 34.9 Å². The lowest BCUT2D eigenvalue weighted by Gasteiger charge is -2.30. The number of carbonyl (C=O) groups is 1. The molecule has 1 aliphatic rings. The van der Waals surface area contributed by atoms with Gasteiger partial charge in [0.15, 0.2) is 28.7 Å². The van der Waals surface area contributed by atoms with Gasteiger partial charge in [-0.05, 0) is 51.8 Å². The molecule has 1 amide bonds. The van der Waals surface area contributed by atoms with Crippen LogP contribution in [0.15, 0.2) is 45.6 Å². The molecule has 0 radical (unpaired) electrons. The van der Waals surface area contributed by atoms with E-state index in [1.807, 2.05) is 13.8 Å². The first-order valence-electron chi connectivity index (χ1n) is 11.8. The maximum absolute atomic E-state index is 12.3. The highest BCUT2D eigenvalue weighted by atomic mass is 16.5. The Kier molecular flexibility index (Phi) is 8.59. The number of nitrogens with one attached hydrogen (secondary N) is 3. The van der Waals surface area contributed by atoms with Gasteiger partial charge in [-0.15, -0.1) is 0 Å². The molecular weight excluding hydrogens is 476 g/mol. The molecule has 11 heteroatoms. The average molecular weight is 511 g/mol. The van der Waals surface area contributed by atoms with Crippen LogP contribution in [0.5, 0.6) is 23.0 Å². The summed E-state index contributed by atoms with van der Waals surface area (Å²) in [5, 5.41) is 9.23. The van der Waals surface area contributed by atoms with Crippen molar-refractivity contribution in [2.45, 2.75) is 46.6 Å². The molecule has 0 fully saturated rings. The second-order valence-electron chi connectivity index (χ2n) is 8.58. The van der Waals surface area contributed by atoms with Crippen molar-refractivity contribution in [2.24, 2.45) is 9.98 Å². The molecule has 0 unspecified atom stereocenters. The summed E-state index contributed by atoms with van der Waals surface area (Å²) in [6.45, 7) is 9.19. The molecule has 0 atom stereocenters. The second-order valence-corrected chi connectivity index (χ2v) is 8.58. The van der Waals surface area contributed by atoms with Crippen molar-refractivity contribution in [1.82, 2.24) is 4.98 Å². The molecule has 1 aromatic heterocycles. The number of hydrogen-bond donors (Lipinski definition) is 3. The zero-order valence-corrected chi connectivity index (χ0v) is 22.5. The number of carbonyl (C=O) groups excluding carboxylic acids is 1. The maximum atomic E-state index is 12.3. The van der Waals surface area contributed by atoms with E-state index in [2.05, 4.69) is 25.9 Å². The molecule has 0 saturated heterocycles. The van der Waals surface area contributed by atoms with Gasteiger partial charge in [-0.1, -0.05) is 6.92 Å². The number of methoxy groups -OCH3 is 3. The Labute approximate surface area is 217 Å². The number of hydrogen-bond acceptors (Lipinski definition) is 8. The SMILES string of the molecule is C\C=N/C(=N\C(Nc1cc(OC)c(OC)c(OC)c1)=C(/C)CC)Nc1ccc2c(n1)NC(=O)C(C)(C)O2. The summed E-state index contributed by atoms with van der Waals surface area (Å²) >= 11 is 0. The smallest absolute Gasteiger partial charge is 0.269 e. The number of fused-ring (bicyclic) bond motifs is 1. The molecule has 3 rings (SSSR count). The summed E-state index contributed by atoms with van der Waals surface area (Å²) in [6.07, 6.45) is 2.37. The Morgan fingerprint density at radius 2 is 1.81 bits per heavy atom. The van der Waals surface area contributed by atoms with Crippen LogP contribution in [-0.2, 0) is 4.79 Å². The van der Waals surface area contributed by atoms with Gasteiger partial charge in [0.05, 0.1) is 21.3 Å². The van der Waals surface area contributed by atoms with Crippen molar-refractivity contribution < 1.29 is 23.7 Å². The third-order valence-corrected chi connectivity index (χ3v) is 5.57. The van der Waals surface area contributed by atoms with Gasteiger partial charge in [-0.3, -0.25) is 4.79 Å². The fourth-order valence-corrected chi connectivity index (χ4v) is 3.39. The fourth-order valence-electron chi connectivity index (χ4n) is 3.39. The summed E-state index contributed by atoms with van der Waals surface area (Å²) in [5.74, 6) is 3.37. The van der Waals surface area contributed by atoms with Gasteiger partial charge in [-0.2, -0.15) is 4.99 Å². The first-order chi connectivity index (χ1) is 17.6. The topological polar surface area (TPSA) is 128 Å². The van der Waals surface area contributed by atoms with E-state index in [1.165, 1.54) is 0 Å². The number of rotatable bonds is 8. The number of anilines is 3. The number of allylic oxidation sites excluding steroid dienone is 1. The molecule has 3 N–H and O–H groups in total. The van der Waals surface area contributed by atoms with Gasteiger partial charge >= 0.3 is 0 Å². The average Bonchev–Trinajstić information content (AvgIpc) is 2.87. The van der Waals surface area contributed by atoms with Crippen LogP contribution in [0.1, 0.15) is 41.0 Å². The van der Waals surface area contributed by atoms with Crippen molar-refractivity contribution in [3.05, 3.63) is 35.7 Å². The Morgan fingerprint density at radius 3 is 2.38 bits per heavy atom. The highest BCUT2D eigenvalue weighted by Gasteiger charge is 2.36. The van der Waals surface area contributed by atoms with Crippen LogP contribution in [0.25, 0.3) is 0 Å². The predicted octanol–water partition coefficient (Wildman–Crippen LogP) is 4.83. The van der Waals surface area contributed by atoms with E-state index in [9.17, 15) is 4.79 Å². The molecule has 0 bridgehead atoms. The molecule has 1 aromatic carbocycles. The standard InChI is InChI=1S/C26H34N6O5/c1-9-15(3)22(28-16-13-18(34-6)21(36-8)19(14-16)35-7)32-25(27-10-2)30-20-12-11-17-23(29-20)31-24(33)26(4,5)37-17/h10-14,28H,9H2,1-8H3,(H2,29,30,31,32,33)/b22-15+,27-10-.